The highest BCUT2D eigenvalue weighted by Crippen LogP contribution is 2.33. The van der Waals surface area contributed by atoms with Crippen LogP contribution in [0.4, 0.5) is 11.8 Å². The minimum absolute atomic E-state index is 0. The average Bonchev–Trinajstić information content (AvgIpc) is 3.53. The van der Waals surface area contributed by atoms with E-state index in [1.165, 1.54) is 23.6 Å². The molecule has 0 unspecified atom stereocenters. The lowest BCUT2D eigenvalue weighted by Gasteiger charge is -2.32. The van der Waals surface area contributed by atoms with E-state index in [0.29, 0.717) is 61.2 Å². The van der Waals surface area contributed by atoms with Crippen LogP contribution < -0.4 is 16.4 Å². The number of piperidine rings is 1. The maximum Gasteiger partial charge on any atom is 0.248 e. The van der Waals surface area contributed by atoms with E-state index in [1.807, 2.05) is 6.33 Å². The third-order valence-corrected chi connectivity index (χ3v) is 11.0. The number of aryl methyl sites for hydroxylation is 2. The summed E-state index contributed by atoms with van der Waals surface area (Å²) in [5, 5.41) is 11.0. The second-order valence-electron chi connectivity index (χ2n) is 11.7. The molecule has 3 aromatic heterocycles. The molecule has 3 aliphatic rings. The Morgan fingerprint density at radius 3 is 2.21 bits per heavy atom. The Labute approximate surface area is 259 Å². The number of sulfonamides is 1. The van der Waals surface area contributed by atoms with Crippen molar-refractivity contribution < 1.29 is 12.9 Å². The van der Waals surface area contributed by atoms with Gasteiger partial charge in [-0.05, 0) is 65.2 Å². The summed E-state index contributed by atoms with van der Waals surface area (Å²) in [4.78, 5) is 14.8. The van der Waals surface area contributed by atoms with Gasteiger partial charge in [-0.3, -0.25) is 0 Å². The SMILES string of the molecule is Cc1noc(C)c1S(=O)(=O)N1CCC(Nc2nc(NC3CCC(N)CC3)nc3c2ncn3C2CCCCC2)CC1.Cl.Cl. The van der Waals surface area contributed by atoms with Crippen LogP contribution in [0.1, 0.15) is 88.1 Å². The molecule has 0 spiro atoms. The molecule has 1 saturated heterocycles. The molecule has 2 aliphatic carbocycles. The third-order valence-electron chi connectivity index (χ3n) is 8.86. The van der Waals surface area contributed by atoms with Crippen molar-refractivity contribution in [1.29, 1.82) is 0 Å². The number of nitrogens with one attached hydrogen (secondary N) is 2. The lowest BCUT2D eigenvalue weighted by atomic mass is 9.92. The molecule has 0 amide bonds. The molecule has 4 N–H and O–H groups in total. The van der Waals surface area contributed by atoms with Gasteiger partial charge in [0, 0.05) is 37.3 Å². The number of fused-ring (bicyclic) bond motifs is 1. The van der Waals surface area contributed by atoms with Crippen LogP contribution in [0.25, 0.3) is 11.2 Å². The number of imidazole rings is 1. The largest absolute Gasteiger partial charge is 0.365 e. The van der Waals surface area contributed by atoms with E-state index in [-0.39, 0.29) is 41.8 Å². The predicted molar refractivity (Wildman–Crippen MR) is 167 cm³/mol. The van der Waals surface area contributed by atoms with Crippen molar-refractivity contribution in [3.63, 3.8) is 0 Å². The summed E-state index contributed by atoms with van der Waals surface area (Å²) in [6.45, 7) is 4.11. The summed E-state index contributed by atoms with van der Waals surface area (Å²) in [5.41, 5.74) is 8.16. The van der Waals surface area contributed by atoms with Gasteiger partial charge < -0.3 is 25.5 Å². The second-order valence-corrected chi connectivity index (χ2v) is 13.6. The van der Waals surface area contributed by atoms with E-state index >= 15 is 0 Å². The number of nitrogens with zero attached hydrogens (tertiary/aromatic N) is 6. The fourth-order valence-electron chi connectivity index (χ4n) is 6.56. The van der Waals surface area contributed by atoms with Crippen molar-refractivity contribution in [1.82, 2.24) is 29.0 Å². The standard InChI is InChI=1S/C27H41N9O3S.2ClH/c1-17-24(18(2)39-34-17)40(37,38)35-14-12-21(13-15-35)30-25-23-26(36(16-29-23)22-6-4-3-5-7-22)33-27(32-25)31-20-10-8-19(28)9-11-20;;/h16,19-22H,3-15,28H2,1-2H3,(H2,30,31,32,33);2*1H. The van der Waals surface area contributed by atoms with Gasteiger partial charge in [0.1, 0.15) is 10.6 Å². The fourth-order valence-corrected chi connectivity index (χ4v) is 8.32. The molecule has 42 heavy (non-hydrogen) atoms. The van der Waals surface area contributed by atoms with Crippen LogP contribution in [0.2, 0.25) is 0 Å². The van der Waals surface area contributed by atoms with Crippen LogP contribution >= 0.6 is 24.8 Å². The van der Waals surface area contributed by atoms with Gasteiger partial charge >= 0.3 is 0 Å². The van der Waals surface area contributed by atoms with Crippen molar-refractivity contribution in [2.24, 2.45) is 5.73 Å². The zero-order chi connectivity index (χ0) is 27.9. The maximum absolute atomic E-state index is 13.3. The van der Waals surface area contributed by atoms with E-state index in [0.717, 1.165) is 49.7 Å². The number of hydrogen-bond acceptors (Lipinski definition) is 10. The maximum atomic E-state index is 13.3. The smallest absolute Gasteiger partial charge is 0.248 e. The van der Waals surface area contributed by atoms with Gasteiger partial charge in [-0.15, -0.1) is 24.8 Å². The van der Waals surface area contributed by atoms with Crippen molar-refractivity contribution in [3.8, 4) is 0 Å². The number of anilines is 2. The molecule has 3 aromatic rings. The summed E-state index contributed by atoms with van der Waals surface area (Å²) in [6, 6.07) is 1.04. The highest BCUT2D eigenvalue weighted by atomic mass is 35.5. The topological polar surface area (TPSA) is 157 Å². The minimum Gasteiger partial charge on any atom is -0.365 e. The molecule has 4 heterocycles. The Bertz CT molecular complexity index is 1420. The highest BCUT2D eigenvalue weighted by molar-refractivity contribution is 7.89. The van der Waals surface area contributed by atoms with Gasteiger partial charge in [0.05, 0.1) is 6.33 Å². The van der Waals surface area contributed by atoms with Crippen LogP contribution in [0.5, 0.6) is 0 Å². The molecule has 0 radical (unpaired) electrons. The van der Waals surface area contributed by atoms with Crippen molar-refractivity contribution >= 4 is 57.8 Å². The van der Waals surface area contributed by atoms with Gasteiger partial charge in [-0.1, -0.05) is 24.4 Å². The second kappa shape index (κ2) is 13.6. The first-order valence-corrected chi connectivity index (χ1v) is 16.2. The monoisotopic (exact) mass is 643 g/mol. The summed E-state index contributed by atoms with van der Waals surface area (Å²) in [5.74, 6) is 1.66. The molecule has 0 atom stereocenters. The summed E-state index contributed by atoms with van der Waals surface area (Å²) in [6.07, 6.45) is 13.2. The first-order valence-electron chi connectivity index (χ1n) is 14.8. The Morgan fingerprint density at radius 1 is 0.905 bits per heavy atom. The Balaban J connectivity index is 0.00000202. The average molecular weight is 645 g/mol. The van der Waals surface area contributed by atoms with Crippen LogP contribution in [0.15, 0.2) is 15.7 Å². The van der Waals surface area contributed by atoms with E-state index in [1.54, 1.807) is 13.8 Å². The van der Waals surface area contributed by atoms with Crippen molar-refractivity contribution in [3.05, 3.63) is 17.8 Å². The number of aromatic nitrogens is 5. The van der Waals surface area contributed by atoms with Crippen LogP contribution in [0.3, 0.4) is 0 Å². The van der Waals surface area contributed by atoms with E-state index in [9.17, 15) is 8.42 Å². The molecule has 234 valence electrons. The molecule has 3 fully saturated rings. The molecular weight excluding hydrogens is 601 g/mol. The number of nitrogens with two attached hydrogens (primary N) is 1. The summed E-state index contributed by atoms with van der Waals surface area (Å²) in [7, 11) is -3.66. The molecule has 6 rings (SSSR count). The normalized spacial score (nSPS) is 22.8. The van der Waals surface area contributed by atoms with E-state index in [2.05, 4.69) is 20.4 Å². The lowest BCUT2D eigenvalue weighted by molar-refractivity contribution is 0.328. The summed E-state index contributed by atoms with van der Waals surface area (Å²) < 4.78 is 35.5. The van der Waals surface area contributed by atoms with Crippen molar-refractivity contribution in [2.45, 2.75) is 114 Å². The fraction of sp³-hybridized carbons (Fsp3) is 0.704. The van der Waals surface area contributed by atoms with Gasteiger partial charge in [-0.25, -0.2) is 13.4 Å². The number of hydrogen-bond donors (Lipinski definition) is 3. The number of rotatable bonds is 7. The minimum atomic E-state index is -3.66. The quantitative estimate of drug-likeness (QED) is 0.329. The Kier molecular flexibility index (Phi) is 10.6. The summed E-state index contributed by atoms with van der Waals surface area (Å²) >= 11 is 0. The van der Waals surface area contributed by atoms with Gasteiger partial charge in [0.25, 0.3) is 0 Å². The molecule has 0 aromatic carbocycles. The zero-order valence-corrected chi connectivity index (χ0v) is 26.7. The van der Waals surface area contributed by atoms with Crippen molar-refractivity contribution in [2.75, 3.05) is 23.7 Å². The van der Waals surface area contributed by atoms with E-state index < -0.39 is 10.0 Å². The van der Waals surface area contributed by atoms with Gasteiger partial charge in [0.2, 0.25) is 16.0 Å². The third kappa shape index (κ3) is 6.64. The molecule has 1 aliphatic heterocycles. The van der Waals surface area contributed by atoms with E-state index in [4.69, 9.17) is 25.2 Å². The Morgan fingerprint density at radius 2 is 1.57 bits per heavy atom. The highest BCUT2D eigenvalue weighted by Gasteiger charge is 2.34. The number of halogens is 2. The van der Waals surface area contributed by atoms with Crippen LogP contribution in [-0.4, -0.2) is 68.6 Å². The Hall–Kier alpha value is -2.19. The molecular formula is C27H43Cl2N9O3S. The zero-order valence-electron chi connectivity index (χ0n) is 24.3. The predicted octanol–water partition coefficient (Wildman–Crippen LogP) is 4.73. The molecule has 0 bridgehead atoms. The lowest BCUT2D eigenvalue weighted by Crippen LogP contribution is -2.42. The molecule has 12 nitrogen and oxygen atoms in total. The molecule has 15 heteroatoms. The van der Waals surface area contributed by atoms with Crippen LogP contribution in [-0.2, 0) is 10.0 Å². The first kappa shape index (κ1) is 32.7. The molecule has 2 saturated carbocycles. The first-order chi connectivity index (χ1) is 19.3. The van der Waals surface area contributed by atoms with Gasteiger partial charge in [0.15, 0.2) is 22.7 Å². The van der Waals surface area contributed by atoms with Crippen LogP contribution in [0, 0.1) is 13.8 Å². The van der Waals surface area contributed by atoms with Gasteiger partial charge in [-0.2, -0.15) is 14.3 Å².